The number of hydrogen-bond donors (Lipinski definition) is 0. The Morgan fingerprint density at radius 3 is 2.60 bits per heavy atom. The van der Waals surface area contributed by atoms with Crippen LogP contribution in [-0.2, 0) is 0 Å². The summed E-state index contributed by atoms with van der Waals surface area (Å²) in [7, 11) is 0. The van der Waals surface area contributed by atoms with Crippen LogP contribution < -0.4 is 4.74 Å². The van der Waals surface area contributed by atoms with Crippen LogP contribution in [0.2, 0.25) is 0 Å². The van der Waals surface area contributed by atoms with Gasteiger partial charge in [-0.25, -0.2) is 0 Å². The Morgan fingerprint density at radius 1 is 1.05 bits per heavy atom. The van der Waals surface area contributed by atoms with Crippen molar-refractivity contribution < 1.29 is 9.66 Å². The van der Waals surface area contributed by atoms with Gasteiger partial charge < -0.3 is 4.74 Å². The highest BCUT2D eigenvalue weighted by Crippen LogP contribution is 2.30. The van der Waals surface area contributed by atoms with Crippen molar-refractivity contribution in [2.45, 2.75) is 0 Å². The Labute approximate surface area is 114 Å². The van der Waals surface area contributed by atoms with Crippen LogP contribution in [0.4, 0.5) is 5.69 Å². The minimum atomic E-state index is -0.437. The SMILES string of the molecule is O=[N+]([O-])c1ccc(Oc2cccc3cnccc23)cc1. The number of benzene rings is 2. The molecule has 0 spiro atoms. The standard InChI is InChI=1S/C15H10N2O3/c18-17(19)12-4-6-13(7-5-12)20-15-3-1-2-11-10-16-9-8-14(11)15/h1-10H. The van der Waals surface area contributed by atoms with E-state index >= 15 is 0 Å². The normalized spacial score (nSPS) is 10.4. The average molecular weight is 266 g/mol. The van der Waals surface area contributed by atoms with Gasteiger partial charge in [-0.15, -0.1) is 0 Å². The van der Waals surface area contributed by atoms with Gasteiger partial charge in [-0.3, -0.25) is 15.1 Å². The van der Waals surface area contributed by atoms with E-state index in [1.807, 2.05) is 24.3 Å². The van der Waals surface area contributed by atoms with Gasteiger partial charge in [-0.05, 0) is 24.3 Å². The zero-order valence-electron chi connectivity index (χ0n) is 10.4. The summed E-state index contributed by atoms with van der Waals surface area (Å²) < 4.78 is 5.78. The Bertz CT molecular complexity index is 764. The largest absolute Gasteiger partial charge is 0.457 e. The second kappa shape index (κ2) is 4.97. The molecule has 5 nitrogen and oxygen atoms in total. The van der Waals surface area contributed by atoms with Crippen LogP contribution in [0.15, 0.2) is 60.9 Å². The van der Waals surface area contributed by atoms with Gasteiger partial charge >= 0.3 is 0 Å². The molecule has 20 heavy (non-hydrogen) atoms. The van der Waals surface area contributed by atoms with Crippen molar-refractivity contribution in [3.8, 4) is 11.5 Å². The van der Waals surface area contributed by atoms with Crippen molar-refractivity contribution in [1.29, 1.82) is 0 Å². The molecule has 3 aromatic rings. The lowest BCUT2D eigenvalue weighted by molar-refractivity contribution is -0.384. The maximum atomic E-state index is 10.6. The van der Waals surface area contributed by atoms with Gasteiger partial charge in [-0.1, -0.05) is 12.1 Å². The number of fused-ring (bicyclic) bond motifs is 1. The van der Waals surface area contributed by atoms with Crippen molar-refractivity contribution in [2.24, 2.45) is 0 Å². The molecule has 0 saturated heterocycles. The topological polar surface area (TPSA) is 65.3 Å². The average Bonchev–Trinajstić information content (AvgIpc) is 2.48. The van der Waals surface area contributed by atoms with Gasteiger partial charge in [-0.2, -0.15) is 0 Å². The first-order valence-electron chi connectivity index (χ1n) is 5.99. The highest BCUT2D eigenvalue weighted by molar-refractivity contribution is 5.87. The Balaban J connectivity index is 1.95. The third kappa shape index (κ3) is 2.29. The molecule has 0 atom stereocenters. The van der Waals surface area contributed by atoms with Crippen molar-refractivity contribution in [3.63, 3.8) is 0 Å². The van der Waals surface area contributed by atoms with Crippen LogP contribution in [-0.4, -0.2) is 9.91 Å². The van der Waals surface area contributed by atoms with Gasteiger partial charge in [0.2, 0.25) is 0 Å². The number of rotatable bonds is 3. The fourth-order valence-electron chi connectivity index (χ4n) is 1.94. The summed E-state index contributed by atoms with van der Waals surface area (Å²) in [6.07, 6.45) is 3.46. The molecular formula is C15H10N2O3. The molecule has 0 unspecified atom stereocenters. The zero-order valence-corrected chi connectivity index (χ0v) is 10.4. The highest BCUT2D eigenvalue weighted by atomic mass is 16.6. The number of nitro benzene ring substituents is 1. The molecule has 98 valence electrons. The van der Waals surface area contributed by atoms with Crippen LogP contribution >= 0.6 is 0 Å². The predicted octanol–water partition coefficient (Wildman–Crippen LogP) is 3.94. The maximum Gasteiger partial charge on any atom is 0.269 e. The lowest BCUT2D eigenvalue weighted by Gasteiger charge is -2.08. The summed E-state index contributed by atoms with van der Waals surface area (Å²) in [5.41, 5.74) is 0.0412. The molecule has 0 aliphatic heterocycles. The Kier molecular flexibility index (Phi) is 3.01. The third-order valence-electron chi connectivity index (χ3n) is 2.92. The molecule has 0 bridgehead atoms. The molecule has 0 saturated carbocycles. The minimum Gasteiger partial charge on any atom is -0.457 e. The second-order valence-electron chi connectivity index (χ2n) is 4.21. The smallest absolute Gasteiger partial charge is 0.269 e. The summed E-state index contributed by atoms with van der Waals surface area (Å²) in [6, 6.07) is 13.6. The number of nitrogens with zero attached hydrogens (tertiary/aromatic N) is 2. The van der Waals surface area contributed by atoms with Crippen molar-refractivity contribution in [3.05, 3.63) is 71.0 Å². The van der Waals surface area contributed by atoms with Gasteiger partial charge in [0.1, 0.15) is 11.5 Å². The van der Waals surface area contributed by atoms with E-state index in [0.717, 1.165) is 10.8 Å². The first-order valence-corrected chi connectivity index (χ1v) is 5.99. The van der Waals surface area contributed by atoms with E-state index < -0.39 is 4.92 Å². The summed E-state index contributed by atoms with van der Waals surface area (Å²) >= 11 is 0. The summed E-state index contributed by atoms with van der Waals surface area (Å²) in [4.78, 5) is 14.2. The lowest BCUT2D eigenvalue weighted by Crippen LogP contribution is -1.89. The fraction of sp³-hybridized carbons (Fsp3) is 0. The molecule has 0 aliphatic rings. The fourth-order valence-corrected chi connectivity index (χ4v) is 1.94. The van der Waals surface area contributed by atoms with Crippen LogP contribution in [0.25, 0.3) is 10.8 Å². The Morgan fingerprint density at radius 2 is 1.85 bits per heavy atom. The minimum absolute atomic E-state index is 0.0412. The predicted molar refractivity (Wildman–Crippen MR) is 74.9 cm³/mol. The molecule has 5 heteroatoms. The van der Waals surface area contributed by atoms with Crippen LogP contribution in [0, 0.1) is 10.1 Å². The van der Waals surface area contributed by atoms with Gasteiger partial charge in [0, 0.05) is 35.3 Å². The van der Waals surface area contributed by atoms with Crippen molar-refractivity contribution in [1.82, 2.24) is 4.98 Å². The molecule has 1 heterocycles. The van der Waals surface area contributed by atoms with E-state index in [-0.39, 0.29) is 5.69 Å². The van der Waals surface area contributed by atoms with Crippen LogP contribution in [0.5, 0.6) is 11.5 Å². The first kappa shape index (κ1) is 12.1. The van der Waals surface area contributed by atoms with E-state index in [1.165, 1.54) is 12.1 Å². The summed E-state index contributed by atoms with van der Waals surface area (Å²) in [6.45, 7) is 0. The van der Waals surface area contributed by atoms with Crippen molar-refractivity contribution in [2.75, 3.05) is 0 Å². The van der Waals surface area contributed by atoms with E-state index in [2.05, 4.69) is 4.98 Å². The van der Waals surface area contributed by atoms with Gasteiger partial charge in [0.15, 0.2) is 0 Å². The van der Waals surface area contributed by atoms with E-state index in [0.29, 0.717) is 11.5 Å². The molecule has 3 rings (SSSR count). The molecular weight excluding hydrogens is 256 g/mol. The van der Waals surface area contributed by atoms with Crippen LogP contribution in [0.1, 0.15) is 0 Å². The highest BCUT2D eigenvalue weighted by Gasteiger charge is 2.06. The molecule has 0 amide bonds. The quantitative estimate of drug-likeness (QED) is 0.532. The zero-order chi connectivity index (χ0) is 13.9. The van der Waals surface area contributed by atoms with Gasteiger partial charge in [0.05, 0.1) is 4.92 Å². The van der Waals surface area contributed by atoms with Crippen molar-refractivity contribution >= 4 is 16.5 Å². The monoisotopic (exact) mass is 266 g/mol. The number of pyridine rings is 1. The third-order valence-corrected chi connectivity index (χ3v) is 2.92. The van der Waals surface area contributed by atoms with Gasteiger partial charge in [0.25, 0.3) is 5.69 Å². The molecule has 2 aromatic carbocycles. The lowest BCUT2D eigenvalue weighted by atomic mass is 10.1. The number of aromatic nitrogens is 1. The van der Waals surface area contributed by atoms with E-state index in [1.54, 1.807) is 24.5 Å². The Hall–Kier alpha value is -2.95. The number of ether oxygens (including phenoxy) is 1. The molecule has 0 N–H and O–H groups in total. The van der Waals surface area contributed by atoms with Crippen LogP contribution in [0.3, 0.4) is 0 Å². The molecule has 0 radical (unpaired) electrons. The maximum absolute atomic E-state index is 10.6. The number of non-ortho nitro benzene ring substituents is 1. The first-order chi connectivity index (χ1) is 9.74. The summed E-state index contributed by atoms with van der Waals surface area (Å²) in [5.74, 6) is 1.25. The van der Waals surface area contributed by atoms with E-state index in [4.69, 9.17) is 4.74 Å². The molecule has 0 fully saturated rings. The van der Waals surface area contributed by atoms with E-state index in [9.17, 15) is 10.1 Å². The summed E-state index contributed by atoms with van der Waals surface area (Å²) in [5, 5.41) is 12.5. The second-order valence-corrected chi connectivity index (χ2v) is 4.21. The molecule has 0 aliphatic carbocycles. The number of nitro groups is 1. The number of hydrogen-bond acceptors (Lipinski definition) is 4. The molecule has 1 aromatic heterocycles.